The number of sulfonamides is 1. The minimum absolute atomic E-state index is 0.0148. The zero-order valence-corrected chi connectivity index (χ0v) is 27.5. The molecule has 1 saturated carbocycles. The summed E-state index contributed by atoms with van der Waals surface area (Å²) in [4.78, 5) is 29.7. The number of hydrogen-bond donors (Lipinski definition) is 1. The van der Waals surface area contributed by atoms with Gasteiger partial charge in [0.1, 0.15) is 12.6 Å². The first kappa shape index (κ1) is 33.4. The molecule has 12 heteroatoms. The Hall–Kier alpha value is -2.49. The fourth-order valence-corrected chi connectivity index (χ4v) is 7.05. The molecule has 2 amide bonds. The molecule has 0 saturated heterocycles. The van der Waals surface area contributed by atoms with E-state index in [4.69, 9.17) is 46.4 Å². The SMILES string of the molecule is CS(=O)(=O)N(CC(=O)N(Cc1c(Cl)cccc1Cl)[C@H](Cc1ccccc1)C(=O)NC1CCCCC1)c1cccc(Cl)c1Cl. The summed E-state index contributed by atoms with van der Waals surface area (Å²) >= 11 is 25.6. The third kappa shape index (κ3) is 8.79. The molecule has 0 bridgehead atoms. The Morgan fingerprint density at radius 2 is 1.47 bits per heavy atom. The van der Waals surface area contributed by atoms with Crippen molar-refractivity contribution in [3.63, 3.8) is 0 Å². The second kappa shape index (κ2) is 15.0. The number of carbonyl (C=O) groups excluding carboxylic acids is 2. The van der Waals surface area contributed by atoms with E-state index in [2.05, 4.69) is 5.32 Å². The van der Waals surface area contributed by atoms with Crippen LogP contribution in [0.3, 0.4) is 0 Å². The Balaban J connectivity index is 1.78. The van der Waals surface area contributed by atoms with Crippen molar-refractivity contribution < 1.29 is 18.0 Å². The minimum atomic E-state index is -4.01. The Morgan fingerprint density at radius 1 is 0.860 bits per heavy atom. The number of nitrogens with zero attached hydrogens (tertiary/aromatic N) is 2. The van der Waals surface area contributed by atoms with Crippen LogP contribution in [0, 0.1) is 0 Å². The highest BCUT2D eigenvalue weighted by molar-refractivity contribution is 7.92. The van der Waals surface area contributed by atoms with Crippen LogP contribution in [0.4, 0.5) is 5.69 Å². The van der Waals surface area contributed by atoms with E-state index in [-0.39, 0.29) is 40.6 Å². The van der Waals surface area contributed by atoms with Crippen LogP contribution < -0.4 is 9.62 Å². The molecule has 1 atom stereocenters. The first-order valence-corrected chi connectivity index (χ1v) is 17.3. The van der Waals surface area contributed by atoms with Crippen LogP contribution in [-0.2, 0) is 32.6 Å². The number of rotatable bonds is 11. The number of nitrogens with one attached hydrogen (secondary N) is 1. The lowest BCUT2D eigenvalue weighted by atomic mass is 9.94. The van der Waals surface area contributed by atoms with E-state index in [0.29, 0.717) is 15.6 Å². The first-order chi connectivity index (χ1) is 20.5. The van der Waals surface area contributed by atoms with Gasteiger partial charge in [0.05, 0.1) is 22.0 Å². The van der Waals surface area contributed by atoms with Crippen molar-refractivity contribution in [2.75, 3.05) is 17.1 Å². The molecule has 1 N–H and O–H groups in total. The predicted octanol–water partition coefficient (Wildman–Crippen LogP) is 7.16. The molecule has 7 nitrogen and oxygen atoms in total. The van der Waals surface area contributed by atoms with Gasteiger partial charge in [-0.3, -0.25) is 13.9 Å². The fourth-order valence-electron chi connectivity index (χ4n) is 5.23. The standard InChI is InChI=1S/C31H33Cl4N3O4S/c1-43(41,42)38(27-17-9-16-26(34)30(27)35)20-29(39)37(19-23-24(32)14-8-15-25(23)33)28(18-21-10-4-2-5-11-21)31(40)36-22-12-6-3-7-13-22/h2,4-5,8-11,14-17,22,28H,3,6-7,12-13,18-20H2,1H3,(H,36,40)/t28-/m1/s1. The third-order valence-electron chi connectivity index (χ3n) is 7.49. The second-order valence-electron chi connectivity index (χ2n) is 10.6. The van der Waals surface area contributed by atoms with Crippen molar-refractivity contribution in [2.45, 2.75) is 57.2 Å². The lowest BCUT2D eigenvalue weighted by molar-refractivity contribution is -0.140. The molecular formula is C31H33Cl4N3O4S. The average molecular weight is 686 g/mol. The molecule has 1 fully saturated rings. The summed E-state index contributed by atoms with van der Waals surface area (Å²) in [5.74, 6) is -0.976. The van der Waals surface area contributed by atoms with Crippen LogP contribution in [0.1, 0.15) is 43.2 Å². The Kier molecular flexibility index (Phi) is 11.6. The highest BCUT2D eigenvalue weighted by Crippen LogP contribution is 2.34. The molecule has 4 rings (SSSR count). The van der Waals surface area contributed by atoms with Gasteiger partial charge in [-0.05, 0) is 42.7 Å². The number of carbonyl (C=O) groups is 2. The highest BCUT2D eigenvalue weighted by atomic mass is 35.5. The molecule has 230 valence electrons. The first-order valence-electron chi connectivity index (χ1n) is 13.9. The van der Waals surface area contributed by atoms with Gasteiger partial charge in [0.25, 0.3) is 0 Å². The van der Waals surface area contributed by atoms with Crippen LogP contribution in [0.25, 0.3) is 0 Å². The van der Waals surface area contributed by atoms with Gasteiger partial charge in [0, 0.05) is 34.6 Å². The van der Waals surface area contributed by atoms with E-state index in [0.717, 1.165) is 48.2 Å². The molecule has 0 spiro atoms. The summed E-state index contributed by atoms with van der Waals surface area (Å²) in [6.45, 7) is -0.767. The number of benzene rings is 3. The summed E-state index contributed by atoms with van der Waals surface area (Å²) in [5.41, 5.74) is 1.31. The fraction of sp³-hybridized carbons (Fsp3) is 0.355. The van der Waals surface area contributed by atoms with Gasteiger partial charge < -0.3 is 10.2 Å². The average Bonchev–Trinajstić information content (AvgIpc) is 2.97. The van der Waals surface area contributed by atoms with Gasteiger partial charge in [-0.25, -0.2) is 8.42 Å². The van der Waals surface area contributed by atoms with Crippen molar-refractivity contribution in [1.29, 1.82) is 0 Å². The van der Waals surface area contributed by atoms with Gasteiger partial charge in [-0.15, -0.1) is 0 Å². The highest BCUT2D eigenvalue weighted by Gasteiger charge is 2.35. The van der Waals surface area contributed by atoms with E-state index in [1.807, 2.05) is 30.3 Å². The number of hydrogen-bond acceptors (Lipinski definition) is 4. The van der Waals surface area contributed by atoms with E-state index in [1.165, 1.54) is 17.0 Å². The van der Waals surface area contributed by atoms with E-state index >= 15 is 0 Å². The van der Waals surface area contributed by atoms with E-state index in [9.17, 15) is 18.0 Å². The van der Waals surface area contributed by atoms with Gasteiger partial charge in [0.2, 0.25) is 21.8 Å². The largest absolute Gasteiger partial charge is 0.352 e. The Labute approximate surface area is 273 Å². The molecule has 3 aromatic carbocycles. The van der Waals surface area contributed by atoms with Gasteiger partial charge >= 0.3 is 0 Å². The number of amides is 2. The van der Waals surface area contributed by atoms with E-state index in [1.54, 1.807) is 24.3 Å². The third-order valence-corrected chi connectivity index (χ3v) is 10.1. The molecule has 1 aliphatic carbocycles. The van der Waals surface area contributed by atoms with Crippen molar-refractivity contribution in [2.24, 2.45) is 0 Å². The monoisotopic (exact) mass is 683 g/mol. The number of halogens is 4. The summed E-state index contributed by atoms with van der Waals surface area (Å²) in [6, 6.07) is 17.8. The number of anilines is 1. The zero-order valence-electron chi connectivity index (χ0n) is 23.6. The summed E-state index contributed by atoms with van der Waals surface area (Å²) in [6.07, 6.45) is 6.00. The molecule has 0 aliphatic heterocycles. The van der Waals surface area contributed by atoms with Crippen LogP contribution in [0.15, 0.2) is 66.7 Å². The minimum Gasteiger partial charge on any atom is -0.352 e. The maximum Gasteiger partial charge on any atom is 0.244 e. The zero-order chi connectivity index (χ0) is 31.1. The topological polar surface area (TPSA) is 86.8 Å². The van der Waals surface area contributed by atoms with Crippen LogP contribution in [0.2, 0.25) is 20.1 Å². The Bertz CT molecular complexity index is 1530. The van der Waals surface area contributed by atoms with E-state index < -0.39 is 28.5 Å². The van der Waals surface area contributed by atoms with Crippen molar-refractivity contribution in [1.82, 2.24) is 10.2 Å². The van der Waals surface area contributed by atoms with Crippen LogP contribution in [0.5, 0.6) is 0 Å². The maximum atomic E-state index is 14.3. The van der Waals surface area contributed by atoms with Gasteiger partial charge in [-0.2, -0.15) is 0 Å². The lowest BCUT2D eigenvalue weighted by Gasteiger charge is -2.35. The van der Waals surface area contributed by atoms with Crippen LogP contribution in [-0.4, -0.2) is 50.0 Å². The maximum absolute atomic E-state index is 14.3. The molecule has 0 heterocycles. The smallest absolute Gasteiger partial charge is 0.244 e. The van der Waals surface area contributed by atoms with Gasteiger partial charge in [0.15, 0.2) is 0 Å². The molecule has 0 unspecified atom stereocenters. The summed E-state index contributed by atoms with van der Waals surface area (Å²) in [5, 5.41) is 3.90. The molecule has 1 aliphatic rings. The quantitative estimate of drug-likeness (QED) is 0.232. The summed E-state index contributed by atoms with van der Waals surface area (Å²) in [7, 11) is -4.01. The normalized spacial score (nSPS) is 14.6. The molecule has 0 aromatic heterocycles. The van der Waals surface area contributed by atoms with Crippen molar-refractivity contribution >= 4 is 73.9 Å². The summed E-state index contributed by atoms with van der Waals surface area (Å²) < 4.78 is 26.9. The molecule has 43 heavy (non-hydrogen) atoms. The van der Waals surface area contributed by atoms with Gasteiger partial charge in [-0.1, -0.05) is 108 Å². The predicted molar refractivity (Wildman–Crippen MR) is 175 cm³/mol. The molecular weight excluding hydrogens is 652 g/mol. The lowest BCUT2D eigenvalue weighted by Crippen LogP contribution is -2.55. The van der Waals surface area contributed by atoms with Crippen molar-refractivity contribution in [3.8, 4) is 0 Å². The second-order valence-corrected chi connectivity index (χ2v) is 14.1. The van der Waals surface area contributed by atoms with Crippen LogP contribution >= 0.6 is 46.4 Å². The molecule has 3 aromatic rings. The molecule has 0 radical (unpaired) electrons. The Morgan fingerprint density at radius 3 is 2.09 bits per heavy atom. The van der Waals surface area contributed by atoms with Crippen molar-refractivity contribution in [3.05, 3.63) is 97.9 Å².